The van der Waals surface area contributed by atoms with E-state index in [4.69, 9.17) is 0 Å². The van der Waals surface area contributed by atoms with Crippen molar-refractivity contribution in [3.63, 3.8) is 0 Å². The quantitative estimate of drug-likeness (QED) is 0.611. The molecule has 5 heteroatoms. The predicted molar refractivity (Wildman–Crippen MR) is 73.7 cm³/mol. The van der Waals surface area contributed by atoms with E-state index in [1.54, 1.807) is 31.3 Å². The van der Waals surface area contributed by atoms with Crippen LogP contribution in [0.4, 0.5) is 0 Å². The average Bonchev–Trinajstić information content (AvgIpc) is 2.35. The van der Waals surface area contributed by atoms with Crippen molar-refractivity contribution in [2.45, 2.75) is 38.0 Å². The van der Waals surface area contributed by atoms with Gasteiger partial charge < -0.3 is 0 Å². The van der Waals surface area contributed by atoms with Crippen LogP contribution in [0.25, 0.3) is 0 Å². The van der Waals surface area contributed by atoms with Crippen LogP contribution >= 0.6 is 0 Å². The monoisotopic (exact) mass is 270 g/mol. The molecule has 0 aliphatic heterocycles. The van der Waals surface area contributed by atoms with E-state index in [0.717, 1.165) is 24.8 Å². The smallest absolute Gasteiger partial charge is 0.241 e. The summed E-state index contributed by atoms with van der Waals surface area (Å²) in [7, 11) is -1.88. The summed E-state index contributed by atoms with van der Waals surface area (Å²) >= 11 is 0. The minimum Gasteiger partial charge on any atom is -0.241 e. The summed E-state index contributed by atoms with van der Waals surface area (Å²) in [5, 5.41) is 0. The van der Waals surface area contributed by atoms with Crippen LogP contribution in [0.5, 0.6) is 0 Å². The van der Waals surface area contributed by atoms with Gasteiger partial charge in [-0.2, -0.15) is 0 Å². The molecule has 0 aliphatic carbocycles. The molecule has 0 spiro atoms. The van der Waals surface area contributed by atoms with Gasteiger partial charge in [0.2, 0.25) is 0 Å². The third-order valence-corrected chi connectivity index (χ3v) is 4.51. The minimum absolute atomic E-state index is 0.318. The summed E-state index contributed by atoms with van der Waals surface area (Å²) in [6.45, 7) is 4.73. The maximum Gasteiger partial charge on any atom is 0.255 e. The van der Waals surface area contributed by atoms with Gasteiger partial charge in [-0.05, 0) is 25.5 Å². The number of hydrogen-bond donors (Lipinski definition) is 1. The molecule has 0 atom stereocenters. The minimum atomic E-state index is -3.42. The van der Waals surface area contributed by atoms with Gasteiger partial charge in [0.1, 0.15) is 0 Å². The van der Waals surface area contributed by atoms with Gasteiger partial charge in [0, 0.05) is 13.6 Å². The van der Waals surface area contributed by atoms with Gasteiger partial charge in [-0.15, -0.1) is 4.41 Å². The van der Waals surface area contributed by atoms with Crippen LogP contribution in [-0.2, 0) is 10.0 Å². The van der Waals surface area contributed by atoms with Crippen LogP contribution in [0.1, 0.15) is 31.7 Å². The van der Waals surface area contributed by atoms with E-state index in [0.29, 0.717) is 11.4 Å². The molecular weight excluding hydrogens is 248 g/mol. The van der Waals surface area contributed by atoms with Crippen LogP contribution in [0.3, 0.4) is 0 Å². The molecule has 0 heterocycles. The number of unbranched alkanes of at least 4 members (excludes halogenated alkanes) is 2. The molecule has 1 N–H and O–H groups in total. The molecule has 0 aromatic heterocycles. The van der Waals surface area contributed by atoms with Gasteiger partial charge in [0.15, 0.2) is 0 Å². The Morgan fingerprint density at radius 1 is 1.17 bits per heavy atom. The standard InChI is InChI=1S/C13H22N2O2S/c1-4-5-6-11-14-15(3)18(16,17)13-9-7-12(2)8-10-13/h7-10,14H,4-6,11H2,1-3H3. The number of aryl methyl sites for hydroxylation is 1. The molecule has 102 valence electrons. The Hall–Kier alpha value is -0.910. The molecule has 18 heavy (non-hydrogen) atoms. The fourth-order valence-electron chi connectivity index (χ4n) is 1.56. The number of nitrogens with zero attached hydrogens (tertiary/aromatic N) is 1. The summed E-state index contributed by atoms with van der Waals surface area (Å²) in [6.07, 6.45) is 3.20. The Morgan fingerprint density at radius 3 is 2.33 bits per heavy atom. The maximum absolute atomic E-state index is 12.2. The Kier molecular flexibility index (Phi) is 5.78. The zero-order chi connectivity index (χ0) is 13.6. The molecule has 0 bridgehead atoms. The van der Waals surface area contributed by atoms with Crippen molar-refractivity contribution in [1.82, 2.24) is 9.84 Å². The molecule has 0 aliphatic rings. The number of rotatable bonds is 7. The van der Waals surface area contributed by atoms with Crippen molar-refractivity contribution in [1.29, 1.82) is 0 Å². The van der Waals surface area contributed by atoms with E-state index in [9.17, 15) is 8.42 Å². The zero-order valence-electron chi connectivity index (χ0n) is 11.3. The number of hydrazine groups is 1. The van der Waals surface area contributed by atoms with E-state index in [1.165, 1.54) is 4.41 Å². The molecule has 4 nitrogen and oxygen atoms in total. The van der Waals surface area contributed by atoms with Crippen LogP contribution in [0.2, 0.25) is 0 Å². The van der Waals surface area contributed by atoms with Crippen LogP contribution < -0.4 is 5.43 Å². The predicted octanol–water partition coefficient (Wildman–Crippen LogP) is 2.31. The molecule has 1 aromatic carbocycles. The molecule has 1 aromatic rings. The summed E-state index contributed by atoms with van der Waals surface area (Å²) in [5.41, 5.74) is 3.96. The Morgan fingerprint density at radius 2 is 1.78 bits per heavy atom. The highest BCUT2D eigenvalue weighted by atomic mass is 32.2. The third kappa shape index (κ3) is 4.08. The second-order valence-corrected chi connectivity index (χ2v) is 6.37. The van der Waals surface area contributed by atoms with Gasteiger partial charge in [-0.3, -0.25) is 0 Å². The van der Waals surface area contributed by atoms with Gasteiger partial charge in [-0.1, -0.05) is 37.5 Å². The Balaban J connectivity index is 2.65. The van der Waals surface area contributed by atoms with Gasteiger partial charge in [-0.25, -0.2) is 13.8 Å². The first-order valence-electron chi connectivity index (χ1n) is 6.27. The molecule has 0 fully saturated rings. The van der Waals surface area contributed by atoms with E-state index in [2.05, 4.69) is 12.3 Å². The first-order chi connectivity index (χ1) is 8.48. The Labute approximate surface area is 110 Å². The van der Waals surface area contributed by atoms with Crippen LogP contribution in [0.15, 0.2) is 29.2 Å². The molecule has 0 saturated heterocycles. The fourth-order valence-corrected chi connectivity index (χ4v) is 2.62. The van der Waals surface area contributed by atoms with E-state index in [1.807, 2.05) is 6.92 Å². The second kappa shape index (κ2) is 6.87. The van der Waals surface area contributed by atoms with Gasteiger partial charge in [0.25, 0.3) is 10.0 Å². The molecule has 0 saturated carbocycles. The van der Waals surface area contributed by atoms with E-state index in [-0.39, 0.29) is 0 Å². The summed E-state index contributed by atoms with van der Waals surface area (Å²) in [5.74, 6) is 0. The first-order valence-corrected chi connectivity index (χ1v) is 7.71. The SMILES string of the molecule is CCCCCNN(C)S(=O)(=O)c1ccc(C)cc1. The van der Waals surface area contributed by atoms with Gasteiger partial charge >= 0.3 is 0 Å². The summed E-state index contributed by atoms with van der Waals surface area (Å²) < 4.78 is 25.5. The van der Waals surface area contributed by atoms with Crippen molar-refractivity contribution in [2.24, 2.45) is 0 Å². The van der Waals surface area contributed by atoms with E-state index >= 15 is 0 Å². The average molecular weight is 270 g/mol. The summed E-state index contributed by atoms with van der Waals surface area (Å²) in [4.78, 5) is 0.318. The molecule has 0 amide bonds. The lowest BCUT2D eigenvalue weighted by atomic mass is 10.2. The highest BCUT2D eigenvalue weighted by Crippen LogP contribution is 2.13. The third-order valence-electron chi connectivity index (χ3n) is 2.79. The second-order valence-electron chi connectivity index (χ2n) is 4.40. The molecule has 0 radical (unpaired) electrons. The molecular formula is C13H22N2O2S. The van der Waals surface area contributed by atoms with E-state index < -0.39 is 10.0 Å². The largest absolute Gasteiger partial charge is 0.255 e. The lowest BCUT2D eigenvalue weighted by Crippen LogP contribution is -2.39. The zero-order valence-corrected chi connectivity index (χ0v) is 12.1. The number of hydrogen-bond acceptors (Lipinski definition) is 3. The number of benzene rings is 1. The lowest BCUT2D eigenvalue weighted by Gasteiger charge is -2.18. The fraction of sp³-hybridized carbons (Fsp3) is 0.538. The highest BCUT2D eigenvalue weighted by molar-refractivity contribution is 7.89. The highest BCUT2D eigenvalue weighted by Gasteiger charge is 2.19. The van der Waals surface area contributed by atoms with Crippen molar-refractivity contribution < 1.29 is 8.42 Å². The molecule has 1 rings (SSSR count). The lowest BCUT2D eigenvalue weighted by molar-refractivity contribution is 0.362. The van der Waals surface area contributed by atoms with Crippen molar-refractivity contribution in [2.75, 3.05) is 13.6 Å². The first kappa shape index (κ1) is 15.1. The topological polar surface area (TPSA) is 49.4 Å². The van der Waals surface area contributed by atoms with Crippen molar-refractivity contribution in [3.8, 4) is 0 Å². The maximum atomic E-state index is 12.2. The number of nitrogens with one attached hydrogen (secondary N) is 1. The molecule has 0 unspecified atom stereocenters. The number of sulfonamides is 1. The van der Waals surface area contributed by atoms with Crippen LogP contribution in [-0.4, -0.2) is 26.4 Å². The van der Waals surface area contributed by atoms with Crippen molar-refractivity contribution in [3.05, 3.63) is 29.8 Å². The van der Waals surface area contributed by atoms with Crippen molar-refractivity contribution >= 4 is 10.0 Å². The van der Waals surface area contributed by atoms with Crippen LogP contribution in [0, 0.1) is 6.92 Å². The van der Waals surface area contributed by atoms with Gasteiger partial charge in [0.05, 0.1) is 4.90 Å². The normalized spacial score (nSPS) is 12.0. The Bertz CT molecular complexity index is 454. The summed E-state index contributed by atoms with van der Waals surface area (Å²) in [6, 6.07) is 6.87.